The SMILES string of the molecule is CN1CCN(C(=O)c2cc[nH]c2N)CC1. The molecule has 0 aromatic carbocycles. The van der Waals surface area contributed by atoms with Crippen LogP contribution in [0.25, 0.3) is 0 Å². The van der Waals surface area contributed by atoms with Crippen molar-refractivity contribution in [2.24, 2.45) is 0 Å². The predicted octanol–water partition coefficient (Wildman–Crippen LogP) is -0.0155. The first-order valence-electron chi connectivity index (χ1n) is 5.09. The summed E-state index contributed by atoms with van der Waals surface area (Å²) in [6.07, 6.45) is 1.69. The van der Waals surface area contributed by atoms with Gasteiger partial charge in [0.2, 0.25) is 0 Å². The number of aromatic nitrogens is 1. The van der Waals surface area contributed by atoms with Crippen LogP contribution in [0.2, 0.25) is 0 Å². The van der Waals surface area contributed by atoms with Crippen molar-refractivity contribution in [1.82, 2.24) is 14.8 Å². The number of nitrogens with one attached hydrogen (secondary N) is 1. The minimum absolute atomic E-state index is 0.0295. The highest BCUT2D eigenvalue weighted by Crippen LogP contribution is 2.13. The van der Waals surface area contributed by atoms with E-state index in [4.69, 9.17) is 5.73 Å². The quantitative estimate of drug-likeness (QED) is 0.682. The van der Waals surface area contributed by atoms with Gasteiger partial charge in [-0.2, -0.15) is 0 Å². The fourth-order valence-electron chi connectivity index (χ4n) is 1.75. The number of carbonyl (C=O) groups excluding carboxylic acids is 1. The molecule has 2 rings (SSSR count). The van der Waals surface area contributed by atoms with Gasteiger partial charge in [-0.05, 0) is 13.1 Å². The Labute approximate surface area is 88.8 Å². The molecule has 1 aromatic rings. The molecule has 0 unspecified atom stereocenters. The number of nitrogens with two attached hydrogens (primary N) is 1. The van der Waals surface area contributed by atoms with Gasteiger partial charge in [0.05, 0.1) is 5.56 Å². The Balaban J connectivity index is 2.06. The Morgan fingerprint density at radius 1 is 1.40 bits per heavy atom. The Morgan fingerprint density at radius 2 is 2.07 bits per heavy atom. The van der Waals surface area contributed by atoms with Gasteiger partial charge in [0, 0.05) is 32.4 Å². The zero-order valence-corrected chi connectivity index (χ0v) is 8.86. The van der Waals surface area contributed by atoms with Crippen molar-refractivity contribution >= 4 is 11.7 Å². The molecule has 3 N–H and O–H groups in total. The Hall–Kier alpha value is -1.49. The molecule has 1 saturated heterocycles. The van der Waals surface area contributed by atoms with Crippen molar-refractivity contribution in [3.8, 4) is 0 Å². The molecule has 0 saturated carbocycles. The molecule has 0 radical (unpaired) electrons. The first-order chi connectivity index (χ1) is 7.18. The number of nitrogen functional groups attached to an aromatic ring is 1. The summed E-state index contributed by atoms with van der Waals surface area (Å²) in [4.78, 5) is 18.9. The van der Waals surface area contributed by atoms with E-state index < -0.39 is 0 Å². The predicted molar refractivity (Wildman–Crippen MR) is 58.6 cm³/mol. The smallest absolute Gasteiger partial charge is 0.257 e. The summed E-state index contributed by atoms with van der Waals surface area (Å²) in [7, 11) is 2.06. The average Bonchev–Trinajstić information content (AvgIpc) is 2.65. The lowest BCUT2D eigenvalue weighted by molar-refractivity contribution is 0.0665. The largest absolute Gasteiger partial charge is 0.385 e. The second-order valence-corrected chi connectivity index (χ2v) is 3.90. The van der Waals surface area contributed by atoms with E-state index in [2.05, 4.69) is 16.9 Å². The Morgan fingerprint density at radius 3 is 2.60 bits per heavy atom. The van der Waals surface area contributed by atoms with E-state index in [1.54, 1.807) is 12.3 Å². The second-order valence-electron chi connectivity index (χ2n) is 3.90. The zero-order valence-electron chi connectivity index (χ0n) is 8.86. The van der Waals surface area contributed by atoms with Crippen LogP contribution in [0.5, 0.6) is 0 Å². The molecule has 5 nitrogen and oxygen atoms in total. The minimum Gasteiger partial charge on any atom is -0.385 e. The molecule has 0 spiro atoms. The fraction of sp³-hybridized carbons (Fsp3) is 0.500. The van der Waals surface area contributed by atoms with Crippen molar-refractivity contribution in [2.45, 2.75) is 0 Å². The Kier molecular flexibility index (Phi) is 2.64. The van der Waals surface area contributed by atoms with Crippen LogP contribution in [0.4, 0.5) is 5.82 Å². The molecule has 1 aliphatic rings. The molecule has 15 heavy (non-hydrogen) atoms. The first kappa shape index (κ1) is 10.0. The van der Waals surface area contributed by atoms with Crippen LogP contribution in [0.15, 0.2) is 12.3 Å². The normalized spacial score (nSPS) is 18.1. The number of rotatable bonds is 1. The number of hydrogen-bond acceptors (Lipinski definition) is 3. The molecule has 0 bridgehead atoms. The number of aromatic amines is 1. The van der Waals surface area contributed by atoms with Gasteiger partial charge in [0.15, 0.2) is 0 Å². The van der Waals surface area contributed by atoms with E-state index in [1.807, 2.05) is 4.90 Å². The highest BCUT2D eigenvalue weighted by atomic mass is 16.2. The zero-order chi connectivity index (χ0) is 10.8. The Bertz CT molecular complexity index is 352. The molecule has 1 aliphatic heterocycles. The fourth-order valence-corrected chi connectivity index (χ4v) is 1.75. The number of amides is 1. The second kappa shape index (κ2) is 3.94. The number of carbonyl (C=O) groups is 1. The minimum atomic E-state index is 0.0295. The topological polar surface area (TPSA) is 65.4 Å². The van der Waals surface area contributed by atoms with Gasteiger partial charge in [-0.1, -0.05) is 0 Å². The monoisotopic (exact) mass is 208 g/mol. The highest BCUT2D eigenvalue weighted by molar-refractivity contribution is 5.98. The molecule has 1 aromatic heterocycles. The van der Waals surface area contributed by atoms with Crippen LogP contribution >= 0.6 is 0 Å². The molecule has 2 heterocycles. The summed E-state index contributed by atoms with van der Waals surface area (Å²) in [5.74, 6) is 0.487. The van der Waals surface area contributed by atoms with E-state index >= 15 is 0 Å². The maximum absolute atomic E-state index is 12.0. The maximum atomic E-state index is 12.0. The van der Waals surface area contributed by atoms with E-state index in [9.17, 15) is 4.79 Å². The van der Waals surface area contributed by atoms with Crippen LogP contribution < -0.4 is 5.73 Å². The van der Waals surface area contributed by atoms with Crippen molar-refractivity contribution in [2.75, 3.05) is 39.0 Å². The number of H-pyrrole nitrogens is 1. The first-order valence-corrected chi connectivity index (χ1v) is 5.09. The summed E-state index contributed by atoms with van der Waals surface area (Å²) in [6.45, 7) is 3.41. The third kappa shape index (κ3) is 1.97. The molecule has 0 atom stereocenters. The number of hydrogen-bond donors (Lipinski definition) is 2. The third-order valence-electron chi connectivity index (χ3n) is 2.80. The molecule has 82 valence electrons. The van der Waals surface area contributed by atoms with E-state index in [-0.39, 0.29) is 5.91 Å². The lowest BCUT2D eigenvalue weighted by Gasteiger charge is -2.32. The van der Waals surface area contributed by atoms with Gasteiger partial charge in [-0.3, -0.25) is 4.79 Å². The van der Waals surface area contributed by atoms with Crippen LogP contribution in [0.1, 0.15) is 10.4 Å². The van der Waals surface area contributed by atoms with Crippen molar-refractivity contribution in [3.05, 3.63) is 17.8 Å². The summed E-state index contributed by atoms with van der Waals surface area (Å²) in [5.41, 5.74) is 6.24. The lowest BCUT2D eigenvalue weighted by atomic mass is 10.2. The van der Waals surface area contributed by atoms with Crippen LogP contribution in [0, 0.1) is 0 Å². The number of piperazine rings is 1. The van der Waals surface area contributed by atoms with Gasteiger partial charge in [0.25, 0.3) is 5.91 Å². The molecular formula is C10H16N4O. The highest BCUT2D eigenvalue weighted by Gasteiger charge is 2.21. The van der Waals surface area contributed by atoms with Gasteiger partial charge in [-0.25, -0.2) is 0 Å². The number of likely N-dealkylation sites (N-methyl/N-ethyl adjacent to an activating group) is 1. The van der Waals surface area contributed by atoms with Crippen molar-refractivity contribution in [1.29, 1.82) is 0 Å². The van der Waals surface area contributed by atoms with Crippen molar-refractivity contribution < 1.29 is 4.79 Å². The maximum Gasteiger partial charge on any atom is 0.257 e. The van der Waals surface area contributed by atoms with Gasteiger partial charge < -0.3 is 20.5 Å². The standard InChI is InChI=1S/C10H16N4O/c1-13-4-6-14(7-5-13)10(15)8-2-3-12-9(8)11/h2-3,12H,4-7,11H2,1H3. The van der Waals surface area contributed by atoms with E-state index in [0.717, 1.165) is 26.2 Å². The molecule has 1 amide bonds. The van der Waals surface area contributed by atoms with E-state index in [1.165, 1.54) is 0 Å². The van der Waals surface area contributed by atoms with Gasteiger partial charge >= 0.3 is 0 Å². The average molecular weight is 208 g/mol. The van der Waals surface area contributed by atoms with Crippen LogP contribution in [0.3, 0.4) is 0 Å². The van der Waals surface area contributed by atoms with E-state index in [0.29, 0.717) is 11.4 Å². The number of nitrogens with zero attached hydrogens (tertiary/aromatic N) is 2. The summed E-state index contributed by atoms with van der Waals surface area (Å²) in [5, 5.41) is 0. The van der Waals surface area contributed by atoms with Crippen LogP contribution in [-0.2, 0) is 0 Å². The third-order valence-corrected chi connectivity index (χ3v) is 2.80. The van der Waals surface area contributed by atoms with Gasteiger partial charge in [0.1, 0.15) is 5.82 Å². The number of anilines is 1. The molecule has 1 fully saturated rings. The van der Waals surface area contributed by atoms with Crippen LogP contribution in [-0.4, -0.2) is 53.9 Å². The molecule has 0 aliphatic carbocycles. The van der Waals surface area contributed by atoms with Gasteiger partial charge in [-0.15, -0.1) is 0 Å². The lowest BCUT2D eigenvalue weighted by Crippen LogP contribution is -2.47. The summed E-state index contributed by atoms with van der Waals surface area (Å²) in [6, 6.07) is 1.73. The van der Waals surface area contributed by atoms with Crippen molar-refractivity contribution in [3.63, 3.8) is 0 Å². The molecular weight excluding hydrogens is 192 g/mol. The molecule has 5 heteroatoms. The summed E-state index contributed by atoms with van der Waals surface area (Å²) < 4.78 is 0. The summed E-state index contributed by atoms with van der Waals surface area (Å²) >= 11 is 0.